The van der Waals surface area contributed by atoms with Gasteiger partial charge in [-0.25, -0.2) is 17.7 Å². The first-order valence-corrected chi connectivity index (χ1v) is 17.4. The molecule has 0 amide bonds. The van der Waals surface area contributed by atoms with Crippen molar-refractivity contribution in [3.8, 4) is 11.5 Å². The molecule has 6 rings (SSSR count). The fourth-order valence-corrected chi connectivity index (χ4v) is 9.08. The molecule has 1 N–H and O–H groups in total. The maximum absolute atomic E-state index is 14.6. The van der Waals surface area contributed by atoms with E-state index in [1.807, 2.05) is 51.1 Å². The molecule has 1 heterocycles. The van der Waals surface area contributed by atoms with Crippen LogP contribution in [0.5, 0.6) is 11.5 Å². The van der Waals surface area contributed by atoms with Gasteiger partial charge in [0.1, 0.15) is 23.1 Å². The summed E-state index contributed by atoms with van der Waals surface area (Å²) in [7, 11) is -2.54. The van der Waals surface area contributed by atoms with Gasteiger partial charge in [0, 0.05) is 33.5 Å². The van der Waals surface area contributed by atoms with Crippen LogP contribution >= 0.6 is 7.92 Å². The monoisotopic (exact) mass is 639 g/mol. The molecule has 5 aromatic rings. The Labute approximate surface area is 268 Å². The van der Waals surface area contributed by atoms with E-state index in [4.69, 9.17) is 4.74 Å². The van der Waals surface area contributed by atoms with Crippen LogP contribution in [-0.2, 0) is 16.4 Å². The van der Waals surface area contributed by atoms with Gasteiger partial charge in [-0.1, -0.05) is 111 Å². The summed E-state index contributed by atoms with van der Waals surface area (Å²) < 4.78 is 52.4. The number of nitrogens with one attached hydrogen (secondary N) is 1. The molecule has 45 heavy (non-hydrogen) atoms. The highest BCUT2D eigenvalue weighted by molar-refractivity contribution is 7.84. The van der Waals surface area contributed by atoms with Gasteiger partial charge in [-0.15, -0.1) is 0 Å². The summed E-state index contributed by atoms with van der Waals surface area (Å²) in [4.78, 5) is 0. The summed E-state index contributed by atoms with van der Waals surface area (Å²) in [5.74, 6) is -0.0178. The van der Waals surface area contributed by atoms with Crippen LogP contribution in [0.25, 0.3) is 0 Å². The zero-order valence-electron chi connectivity index (χ0n) is 26.0. The topological polar surface area (TPSA) is 38.3 Å². The molecule has 7 heteroatoms. The van der Waals surface area contributed by atoms with Crippen LogP contribution in [0.2, 0.25) is 0 Å². The molecule has 0 spiro atoms. The van der Waals surface area contributed by atoms with Crippen molar-refractivity contribution >= 4 is 34.8 Å². The molecule has 2 atom stereocenters. The van der Waals surface area contributed by atoms with Crippen LogP contribution in [0.3, 0.4) is 0 Å². The normalized spacial score (nSPS) is 15.1. The first-order valence-electron chi connectivity index (χ1n) is 14.9. The number of ether oxygens (including phenoxy) is 1. The first-order chi connectivity index (χ1) is 21.4. The van der Waals surface area contributed by atoms with Crippen LogP contribution in [-0.4, -0.2) is 8.96 Å². The van der Waals surface area contributed by atoms with Crippen molar-refractivity contribution in [3.63, 3.8) is 0 Å². The van der Waals surface area contributed by atoms with E-state index in [-0.39, 0.29) is 0 Å². The summed E-state index contributed by atoms with van der Waals surface area (Å²) in [6.45, 7) is 9.92. The Morgan fingerprint density at radius 2 is 1.27 bits per heavy atom. The second-order valence-corrected chi connectivity index (χ2v) is 16.9. The summed E-state index contributed by atoms with van der Waals surface area (Å²) in [5, 5.41) is 3.47. The first kappa shape index (κ1) is 31.3. The van der Waals surface area contributed by atoms with Gasteiger partial charge < -0.3 is 4.74 Å². The van der Waals surface area contributed by atoms with E-state index in [0.29, 0.717) is 16.9 Å². The minimum absolute atomic E-state index is 0.329. The summed E-state index contributed by atoms with van der Waals surface area (Å²) in [6, 6.07) is 35.7. The number of rotatable bonds is 7. The average molecular weight is 640 g/mol. The fourth-order valence-electron chi connectivity index (χ4n) is 5.85. The highest BCUT2D eigenvalue weighted by atomic mass is 32.2. The Morgan fingerprint density at radius 1 is 0.733 bits per heavy atom. The number of fused-ring (bicyclic) bond motifs is 2. The molecule has 0 saturated heterocycles. The maximum atomic E-state index is 14.6. The average Bonchev–Trinajstić information content (AvgIpc) is 3.00. The van der Waals surface area contributed by atoms with E-state index in [1.54, 1.807) is 0 Å². The van der Waals surface area contributed by atoms with Gasteiger partial charge in [0.15, 0.2) is 0 Å². The summed E-state index contributed by atoms with van der Waals surface area (Å²) >= 11 is 0. The third-order valence-corrected chi connectivity index (χ3v) is 12.2. The molecule has 1 aliphatic heterocycles. The molecule has 3 nitrogen and oxygen atoms in total. The smallest absolute Gasteiger partial charge is 0.139 e. The molecule has 230 valence electrons. The van der Waals surface area contributed by atoms with Gasteiger partial charge in [0.05, 0.1) is 21.8 Å². The third kappa shape index (κ3) is 6.12. The van der Waals surface area contributed by atoms with Crippen molar-refractivity contribution in [3.05, 3.63) is 149 Å². The quantitative estimate of drug-likeness (QED) is 0.182. The third-order valence-electron chi connectivity index (χ3n) is 8.17. The predicted molar refractivity (Wildman–Crippen MR) is 183 cm³/mol. The van der Waals surface area contributed by atoms with E-state index >= 15 is 0 Å². The van der Waals surface area contributed by atoms with Crippen LogP contribution in [0.1, 0.15) is 62.9 Å². The molecule has 0 aromatic heterocycles. The molecule has 0 radical (unpaired) electrons. The Kier molecular flexibility index (Phi) is 8.51. The Bertz CT molecular complexity index is 1810. The van der Waals surface area contributed by atoms with Crippen LogP contribution < -0.4 is 25.4 Å². The van der Waals surface area contributed by atoms with Crippen LogP contribution in [0.15, 0.2) is 115 Å². The van der Waals surface area contributed by atoms with Crippen LogP contribution in [0, 0.1) is 11.6 Å². The molecular formula is C38H36F2NO2PS. The molecule has 0 bridgehead atoms. The zero-order valence-corrected chi connectivity index (χ0v) is 27.7. The zero-order chi connectivity index (χ0) is 31.9. The van der Waals surface area contributed by atoms with Gasteiger partial charge in [0.2, 0.25) is 0 Å². The van der Waals surface area contributed by atoms with E-state index in [1.165, 1.54) is 22.7 Å². The van der Waals surface area contributed by atoms with Crippen molar-refractivity contribution in [2.45, 2.75) is 50.8 Å². The lowest BCUT2D eigenvalue weighted by molar-refractivity contribution is 0.413. The van der Waals surface area contributed by atoms with Crippen molar-refractivity contribution in [2.24, 2.45) is 0 Å². The van der Waals surface area contributed by atoms with Crippen molar-refractivity contribution < 1.29 is 17.7 Å². The minimum atomic E-state index is -1.56. The molecule has 0 aliphatic carbocycles. The predicted octanol–water partition coefficient (Wildman–Crippen LogP) is 8.30. The lowest BCUT2D eigenvalue weighted by atomic mass is 9.74. The van der Waals surface area contributed by atoms with E-state index in [2.05, 4.69) is 85.3 Å². The molecule has 0 unspecified atom stereocenters. The van der Waals surface area contributed by atoms with Gasteiger partial charge in [-0.05, 0) is 57.0 Å². The number of hydrogen-bond acceptors (Lipinski definition) is 2. The molecular weight excluding hydrogens is 603 g/mol. The van der Waals surface area contributed by atoms with Crippen molar-refractivity contribution in [1.29, 1.82) is 0 Å². The molecule has 0 fully saturated rings. The second-order valence-electron chi connectivity index (χ2n) is 12.7. The lowest BCUT2D eigenvalue weighted by Crippen LogP contribution is -2.37. The highest BCUT2D eigenvalue weighted by Gasteiger charge is 2.39. The maximum Gasteiger partial charge on any atom is 0.139 e. The Morgan fingerprint density at radius 3 is 1.82 bits per heavy atom. The number of hydrogen-bond donors (Lipinski definition) is 1. The highest BCUT2D eigenvalue weighted by Crippen LogP contribution is 2.52. The van der Waals surface area contributed by atoms with Gasteiger partial charge in [-0.3, -0.25) is 0 Å². The number of halogens is 2. The largest absolute Gasteiger partial charge is 0.456 e. The van der Waals surface area contributed by atoms with Crippen molar-refractivity contribution in [2.75, 3.05) is 0 Å². The standard InChI is InChI=1S/C38H36F2NO2PS/c1-37(2,3)45(42)41-34(25-22-26(39)24-27(40)23-25)30-18-12-19-31-35(30)43-36-32(38(31,4)5)20-13-21-33(36)44(28-14-8-6-9-15-28)29-16-10-7-11-17-29/h6-24,34,41H,1-5H3/t34-,45+/m0/s1. The van der Waals surface area contributed by atoms with Gasteiger partial charge in [0.25, 0.3) is 0 Å². The van der Waals surface area contributed by atoms with E-state index in [9.17, 15) is 13.0 Å². The Hall–Kier alpha value is -3.70. The van der Waals surface area contributed by atoms with E-state index in [0.717, 1.165) is 28.2 Å². The summed E-state index contributed by atoms with van der Waals surface area (Å²) in [5.41, 5.74) is 2.52. The second kappa shape index (κ2) is 12.2. The van der Waals surface area contributed by atoms with Crippen LogP contribution in [0.4, 0.5) is 8.78 Å². The number of para-hydroxylation sites is 2. The molecule has 0 saturated carbocycles. The Balaban J connectivity index is 1.56. The lowest BCUT2D eigenvalue weighted by Gasteiger charge is -2.38. The SMILES string of the molecule is CC1(C)c2cccc([C@@H](N[S@](=O)C(C)(C)C)c3cc(F)cc(F)c3)c2Oc2c(P(c3ccccc3)c3ccccc3)cccc21. The van der Waals surface area contributed by atoms with E-state index < -0.39 is 46.7 Å². The minimum Gasteiger partial charge on any atom is -0.456 e. The van der Waals surface area contributed by atoms with Crippen molar-refractivity contribution in [1.82, 2.24) is 4.72 Å². The molecule has 5 aromatic carbocycles. The number of benzene rings is 5. The summed E-state index contributed by atoms with van der Waals surface area (Å²) in [6.07, 6.45) is 0. The van der Waals surface area contributed by atoms with Gasteiger partial charge in [-0.2, -0.15) is 0 Å². The fraction of sp³-hybridized carbons (Fsp3) is 0.211. The van der Waals surface area contributed by atoms with Gasteiger partial charge >= 0.3 is 0 Å². The molecule has 1 aliphatic rings.